The van der Waals surface area contributed by atoms with Crippen molar-refractivity contribution in [2.24, 2.45) is 0 Å². The zero-order chi connectivity index (χ0) is 22.1. The molecule has 0 saturated heterocycles. The molecule has 1 heterocycles. The van der Waals surface area contributed by atoms with Crippen LogP contribution >= 0.6 is 0 Å². The van der Waals surface area contributed by atoms with Crippen molar-refractivity contribution < 1.29 is 9.50 Å². The Morgan fingerprint density at radius 1 is 1.06 bits per heavy atom. The monoisotopic (exact) mass is 411 g/mol. The largest absolute Gasteiger partial charge is 0.392 e. The molecule has 5 heteroatoms. The SMILES string of the molecule is CC(C)c1nc2c(c(-c3ccc(F)cc3)c1CO)CCCc1cc(C#N)c(C#N)cc1-2. The second-order valence-electron chi connectivity index (χ2n) is 8.13. The molecular weight excluding hydrogens is 389 g/mol. The molecule has 0 saturated carbocycles. The van der Waals surface area contributed by atoms with Gasteiger partial charge >= 0.3 is 0 Å². The molecule has 1 aliphatic carbocycles. The summed E-state index contributed by atoms with van der Waals surface area (Å²) in [5.74, 6) is -0.251. The summed E-state index contributed by atoms with van der Waals surface area (Å²) in [7, 11) is 0. The molecule has 2 aromatic carbocycles. The molecule has 154 valence electrons. The average Bonchev–Trinajstić information content (AvgIpc) is 2.95. The zero-order valence-corrected chi connectivity index (χ0v) is 17.5. The Bertz CT molecular complexity index is 1250. The van der Waals surface area contributed by atoms with Crippen LogP contribution in [0.5, 0.6) is 0 Å². The second kappa shape index (κ2) is 8.30. The van der Waals surface area contributed by atoms with Gasteiger partial charge in [0, 0.05) is 16.8 Å². The fourth-order valence-corrected chi connectivity index (χ4v) is 4.47. The van der Waals surface area contributed by atoms with E-state index in [0.29, 0.717) is 11.1 Å². The highest BCUT2D eigenvalue weighted by atomic mass is 19.1. The van der Waals surface area contributed by atoms with E-state index in [9.17, 15) is 20.0 Å². The van der Waals surface area contributed by atoms with Crippen LogP contribution in [0.25, 0.3) is 22.4 Å². The van der Waals surface area contributed by atoms with E-state index in [1.165, 1.54) is 12.1 Å². The summed E-state index contributed by atoms with van der Waals surface area (Å²) in [6.07, 6.45) is 2.35. The van der Waals surface area contributed by atoms with Crippen molar-refractivity contribution in [2.75, 3.05) is 0 Å². The number of nitrogens with zero attached hydrogens (tertiary/aromatic N) is 3. The van der Waals surface area contributed by atoms with Gasteiger partial charge in [-0.25, -0.2) is 4.39 Å². The van der Waals surface area contributed by atoms with Crippen LogP contribution in [0.1, 0.15) is 59.7 Å². The predicted octanol–water partition coefficient (Wildman–Crippen LogP) is 5.40. The summed E-state index contributed by atoms with van der Waals surface area (Å²) in [5.41, 5.74) is 7.62. The first-order valence-electron chi connectivity index (χ1n) is 10.4. The molecule has 4 nitrogen and oxygen atoms in total. The van der Waals surface area contributed by atoms with Gasteiger partial charge in [-0.3, -0.25) is 4.98 Å². The van der Waals surface area contributed by atoms with Crippen molar-refractivity contribution in [3.05, 3.63) is 75.7 Å². The Kier molecular flexibility index (Phi) is 5.55. The van der Waals surface area contributed by atoms with E-state index < -0.39 is 0 Å². The third-order valence-corrected chi connectivity index (χ3v) is 5.88. The molecule has 0 spiro atoms. The first-order valence-corrected chi connectivity index (χ1v) is 10.4. The van der Waals surface area contributed by atoms with E-state index in [0.717, 1.165) is 64.0 Å². The van der Waals surface area contributed by atoms with Crippen LogP contribution in [0.3, 0.4) is 0 Å². The van der Waals surface area contributed by atoms with Crippen molar-refractivity contribution in [3.8, 4) is 34.5 Å². The molecule has 0 unspecified atom stereocenters. The van der Waals surface area contributed by atoms with Gasteiger partial charge in [0.1, 0.15) is 18.0 Å². The minimum absolute atomic E-state index is 0.0622. The molecule has 31 heavy (non-hydrogen) atoms. The van der Waals surface area contributed by atoms with Gasteiger partial charge < -0.3 is 5.11 Å². The number of benzene rings is 2. The first kappa shape index (κ1) is 20.7. The third kappa shape index (κ3) is 3.58. The Balaban J connectivity index is 2.11. The number of nitriles is 2. The summed E-state index contributed by atoms with van der Waals surface area (Å²) in [6.45, 7) is 3.89. The van der Waals surface area contributed by atoms with Crippen molar-refractivity contribution in [1.82, 2.24) is 4.98 Å². The number of hydrogen-bond acceptors (Lipinski definition) is 4. The standard InChI is InChI=1S/C26H22FN3O/c1-15(2)25-23(14-31)24(16-6-8-20(27)9-7-16)21-5-3-4-17-10-18(12-28)19(13-29)11-22(17)26(21)30-25/h6-11,15,31H,3-5,14H2,1-2H3. The minimum atomic E-state index is -0.313. The molecule has 0 aliphatic heterocycles. The fraction of sp³-hybridized carbons (Fsp3) is 0.269. The molecule has 0 bridgehead atoms. The normalized spacial score (nSPS) is 12.5. The van der Waals surface area contributed by atoms with E-state index in [4.69, 9.17) is 4.98 Å². The lowest BCUT2D eigenvalue weighted by molar-refractivity contribution is 0.280. The average molecular weight is 411 g/mol. The van der Waals surface area contributed by atoms with Crippen LogP contribution in [0.4, 0.5) is 4.39 Å². The summed E-state index contributed by atoms with van der Waals surface area (Å²) < 4.78 is 13.6. The number of fused-ring (bicyclic) bond motifs is 3. The lowest BCUT2D eigenvalue weighted by Crippen LogP contribution is -2.09. The molecule has 0 radical (unpaired) electrons. The van der Waals surface area contributed by atoms with Crippen LogP contribution < -0.4 is 0 Å². The maximum atomic E-state index is 13.6. The highest BCUT2D eigenvalue weighted by molar-refractivity contribution is 5.82. The maximum Gasteiger partial charge on any atom is 0.123 e. The highest BCUT2D eigenvalue weighted by Gasteiger charge is 2.26. The molecule has 0 fully saturated rings. The van der Waals surface area contributed by atoms with Crippen molar-refractivity contribution in [1.29, 1.82) is 10.5 Å². The van der Waals surface area contributed by atoms with Crippen LogP contribution in [0.15, 0.2) is 36.4 Å². The Morgan fingerprint density at radius 3 is 2.35 bits per heavy atom. The lowest BCUT2D eigenvalue weighted by atomic mass is 9.87. The van der Waals surface area contributed by atoms with E-state index in [2.05, 4.69) is 12.1 Å². The molecular formula is C26H22FN3O. The molecule has 1 aromatic heterocycles. The summed E-state index contributed by atoms with van der Waals surface area (Å²) >= 11 is 0. The van der Waals surface area contributed by atoms with Gasteiger partial charge in [0.2, 0.25) is 0 Å². The van der Waals surface area contributed by atoms with Gasteiger partial charge in [0.15, 0.2) is 0 Å². The minimum Gasteiger partial charge on any atom is -0.392 e. The van der Waals surface area contributed by atoms with Gasteiger partial charge in [0.25, 0.3) is 0 Å². The van der Waals surface area contributed by atoms with Gasteiger partial charge in [-0.2, -0.15) is 10.5 Å². The van der Waals surface area contributed by atoms with Crippen LogP contribution in [0, 0.1) is 28.5 Å². The molecule has 4 rings (SSSR count). The number of pyridine rings is 1. The predicted molar refractivity (Wildman–Crippen MR) is 117 cm³/mol. The Hall–Kier alpha value is -3.54. The maximum absolute atomic E-state index is 13.6. The smallest absolute Gasteiger partial charge is 0.123 e. The molecule has 0 amide bonds. The first-order chi connectivity index (χ1) is 15.0. The molecule has 0 atom stereocenters. The Labute approximate surface area is 181 Å². The Morgan fingerprint density at radius 2 is 1.74 bits per heavy atom. The summed E-state index contributed by atoms with van der Waals surface area (Å²) in [4.78, 5) is 4.99. The van der Waals surface area contributed by atoms with Gasteiger partial charge in [-0.15, -0.1) is 0 Å². The van der Waals surface area contributed by atoms with Crippen molar-refractivity contribution >= 4 is 0 Å². The van der Waals surface area contributed by atoms with Gasteiger partial charge in [-0.05, 0) is 71.7 Å². The van der Waals surface area contributed by atoms with Crippen LogP contribution in [-0.2, 0) is 19.4 Å². The summed E-state index contributed by atoms with van der Waals surface area (Å²) in [6, 6.07) is 14.1. The van der Waals surface area contributed by atoms with E-state index in [1.54, 1.807) is 24.3 Å². The number of hydrogen-bond donors (Lipinski definition) is 1. The van der Waals surface area contributed by atoms with Crippen LogP contribution in [-0.4, -0.2) is 10.1 Å². The zero-order valence-electron chi connectivity index (χ0n) is 17.5. The highest BCUT2D eigenvalue weighted by Crippen LogP contribution is 2.42. The topological polar surface area (TPSA) is 80.7 Å². The van der Waals surface area contributed by atoms with Gasteiger partial charge in [0.05, 0.1) is 23.4 Å². The van der Waals surface area contributed by atoms with E-state index in [1.807, 2.05) is 13.8 Å². The number of aliphatic hydroxyl groups is 1. The number of aryl methyl sites for hydroxylation is 1. The van der Waals surface area contributed by atoms with Crippen LogP contribution in [0.2, 0.25) is 0 Å². The quantitative estimate of drug-likeness (QED) is 0.625. The number of rotatable bonds is 3. The molecule has 1 aliphatic rings. The second-order valence-corrected chi connectivity index (χ2v) is 8.13. The lowest BCUT2D eigenvalue weighted by Gasteiger charge is -2.22. The summed E-state index contributed by atoms with van der Waals surface area (Å²) in [5, 5.41) is 29.3. The van der Waals surface area contributed by atoms with E-state index in [-0.39, 0.29) is 18.3 Å². The number of aliphatic hydroxyl groups excluding tert-OH is 1. The number of aromatic nitrogens is 1. The van der Waals surface area contributed by atoms with Crippen molar-refractivity contribution in [2.45, 2.75) is 45.6 Å². The van der Waals surface area contributed by atoms with E-state index >= 15 is 0 Å². The molecule has 3 aromatic rings. The molecule has 1 N–H and O–H groups in total. The fourth-order valence-electron chi connectivity index (χ4n) is 4.47. The van der Waals surface area contributed by atoms with Gasteiger partial charge in [-0.1, -0.05) is 26.0 Å². The third-order valence-electron chi connectivity index (χ3n) is 5.88. The van der Waals surface area contributed by atoms with Crippen molar-refractivity contribution in [3.63, 3.8) is 0 Å². The number of halogens is 1.